The molecule has 118 valence electrons. The molecule has 0 N–H and O–H groups in total. The van der Waals surface area contributed by atoms with Crippen LogP contribution in [-0.2, 0) is 12.8 Å². The number of rotatable bonds is 5. The Morgan fingerprint density at radius 3 is 2.33 bits per heavy atom. The Bertz CT molecular complexity index is 834. The van der Waals surface area contributed by atoms with Crippen LogP contribution in [0.1, 0.15) is 28.7 Å². The zero-order valence-corrected chi connectivity index (χ0v) is 13.9. The van der Waals surface area contributed by atoms with Crippen LogP contribution in [0.2, 0.25) is 0 Å². The first-order valence-corrected chi connectivity index (χ1v) is 8.75. The van der Waals surface area contributed by atoms with Gasteiger partial charge in [-0.3, -0.25) is 0 Å². The highest BCUT2D eigenvalue weighted by atomic mass is 14.1. The SMILES string of the molecule is C1=CCC(c2cccc(Cc3cccc(CC4C=CC=C4)c3)c2)=C1. The van der Waals surface area contributed by atoms with Crippen LogP contribution in [0.3, 0.4) is 0 Å². The topological polar surface area (TPSA) is 0 Å². The van der Waals surface area contributed by atoms with Crippen LogP contribution in [0.25, 0.3) is 5.57 Å². The fourth-order valence-corrected chi connectivity index (χ4v) is 3.53. The molecule has 0 atom stereocenters. The lowest BCUT2D eigenvalue weighted by Gasteiger charge is -2.10. The van der Waals surface area contributed by atoms with E-state index in [-0.39, 0.29) is 0 Å². The predicted molar refractivity (Wildman–Crippen MR) is 103 cm³/mol. The molecule has 0 nitrogen and oxygen atoms in total. The minimum atomic E-state index is 0.561. The summed E-state index contributed by atoms with van der Waals surface area (Å²) in [6.07, 6.45) is 18.6. The molecule has 0 fully saturated rings. The lowest BCUT2D eigenvalue weighted by molar-refractivity contribution is 0.814. The largest absolute Gasteiger partial charge is 0.0801 e. The molecule has 0 amide bonds. The maximum Gasteiger partial charge on any atom is -0.000683 e. The molecule has 0 aliphatic heterocycles. The lowest BCUT2D eigenvalue weighted by atomic mass is 9.95. The zero-order chi connectivity index (χ0) is 16.2. The van der Waals surface area contributed by atoms with Gasteiger partial charge in [-0.25, -0.2) is 0 Å². The molecule has 0 heterocycles. The first-order valence-electron chi connectivity index (χ1n) is 8.75. The molecule has 0 spiro atoms. The van der Waals surface area contributed by atoms with Crippen molar-refractivity contribution in [1.82, 2.24) is 0 Å². The van der Waals surface area contributed by atoms with Crippen molar-refractivity contribution in [2.24, 2.45) is 5.92 Å². The van der Waals surface area contributed by atoms with Crippen LogP contribution < -0.4 is 0 Å². The fourth-order valence-electron chi connectivity index (χ4n) is 3.53. The highest BCUT2D eigenvalue weighted by Crippen LogP contribution is 2.25. The van der Waals surface area contributed by atoms with E-state index >= 15 is 0 Å². The summed E-state index contributed by atoms with van der Waals surface area (Å²) in [6, 6.07) is 18.0. The molecule has 24 heavy (non-hydrogen) atoms. The van der Waals surface area contributed by atoms with Crippen molar-refractivity contribution in [1.29, 1.82) is 0 Å². The van der Waals surface area contributed by atoms with E-state index in [2.05, 4.69) is 91.1 Å². The van der Waals surface area contributed by atoms with E-state index < -0.39 is 0 Å². The van der Waals surface area contributed by atoms with Crippen molar-refractivity contribution in [3.05, 3.63) is 113 Å². The van der Waals surface area contributed by atoms with Gasteiger partial charge in [0.15, 0.2) is 0 Å². The smallest absolute Gasteiger partial charge is 0.000683 e. The third kappa shape index (κ3) is 3.49. The molecule has 0 saturated carbocycles. The van der Waals surface area contributed by atoms with E-state index in [9.17, 15) is 0 Å². The average molecular weight is 310 g/mol. The monoisotopic (exact) mass is 310 g/mol. The lowest BCUT2D eigenvalue weighted by Crippen LogP contribution is -1.97. The summed E-state index contributed by atoms with van der Waals surface area (Å²) in [5, 5.41) is 0. The van der Waals surface area contributed by atoms with Gasteiger partial charge in [0.05, 0.1) is 0 Å². The second kappa shape index (κ2) is 6.88. The van der Waals surface area contributed by atoms with Gasteiger partial charge in [0.1, 0.15) is 0 Å². The zero-order valence-electron chi connectivity index (χ0n) is 13.9. The van der Waals surface area contributed by atoms with Crippen molar-refractivity contribution in [3.8, 4) is 0 Å². The number of allylic oxidation sites excluding steroid dienone is 8. The molecule has 0 radical (unpaired) electrons. The predicted octanol–water partition coefficient (Wildman–Crippen LogP) is 5.91. The summed E-state index contributed by atoms with van der Waals surface area (Å²) in [4.78, 5) is 0. The number of benzene rings is 2. The maximum absolute atomic E-state index is 2.36. The van der Waals surface area contributed by atoms with Crippen molar-refractivity contribution >= 4 is 5.57 Å². The van der Waals surface area contributed by atoms with Crippen molar-refractivity contribution < 1.29 is 0 Å². The van der Waals surface area contributed by atoms with Gasteiger partial charge in [-0.1, -0.05) is 91.1 Å². The summed E-state index contributed by atoms with van der Waals surface area (Å²) in [5.41, 5.74) is 6.99. The van der Waals surface area contributed by atoms with Gasteiger partial charge in [-0.05, 0) is 53.0 Å². The van der Waals surface area contributed by atoms with E-state index in [4.69, 9.17) is 0 Å². The molecule has 2 aliphatic carbocycles. The molecule has 0 saturated heterocycles. The quantitative estimate of drug-likeness (QED) is 0.644. The van der Waals surface area contributed by atoms with Gasteiger partial charge in [-0.2, -0.15) is 0 Å². The Morgan fingerprint density at radius 1 is 0.792 bits per heavy atom. The molecule has 0 aromatic heterocycles. The highest BCUT2D eigenvalue weighted by molar-refractivity contribution is 5.71. The minimum absolute atomic E-state index is 0.561. The summed E-state index contributed by atoms with van der Waals surface area (Å²) < 4.78 is 0. The standard InChI is InChI=1S/C24H22/c1-2-8-19(7-1)15-20-9-5-10-21(16-20)17-22-11-6-14-24(18-22)23-12-3-4-13-23/h1-12,14,16,18-19H,13,15,17H2. The Kier molecular flexibility index (Phi) is 4.29. The van der Waals surface area contributed by atoms with E-state index in [0.717, 1.165) is 19.3 Å². The maximum atomic E-state index is 2.36. The van der Waals surface area contributed by atoms with Crippen LogP contribution in [0.5, 0.6) is 0 Å². The second-order valence-electron chi connectivity index (χ2n) is 6.66. The van der Waals surface area contributed by atoms with Crippen molar-refractivity contribution in [2.45, 2.75) is 19.3 Å². The van der Waals surface area contributed by atoms with Crippen LogP contribution in [0.15, 0.2) is 91.1 Å². The van der Waals surface area contributed by atoms with E-state index in [1.807, 2.05) is 0 Å². The van der Waals surface area contributed by atoms with Gasteiger partial charge in [0.2, 0.25) is 0 Å². The summed E-state index contributed by atoms with van der Waals surface area (Å²) >= 11 is 0. The molecular weight excluding hydrogens is 288 g/mol. The van der Waals surface area contributed by atoms with E-state index in [0.29, 0.717) is 5.92 Å². The van der Waals surface area contributed by atoms with Crippen LogP contribution in [0.4, 0.5) is 0 Å². The van der Waals surface area contributed by atoms with E-state index in [1.165, 1.54) is 27.8 Å². The van der Waals surface area contributed by atoms with Crippen molar-refractivity contribution in [3.63, 3.8) is 0 Å². The van der Waals surface area contributed by atoms with Gasteiger partial charge < -0.3 is 0 Å². The third-order valence-electron chi connectivity index (χ3n) is 4.77. The van der Waals surface area contributed by atoms with Crippen LogP contribution in [-0.4, -0.2) is 0 Å². The average Bonchev–Trinajstić information content (AvgIpc) is 3.29. The normalized spacial score (nSPS) is 16.1. The molecular formula is C24H22. The highest BCUT2D eigenvalue weighted by Gasteiger charge is 2.07. The Morgan fingerprint density at radius 2 is 1.54 bits per heavy atom. The molecule has 0 bridgehead atoms. The molecule has 2 aliphatic rings. The van der Waals surface area contributed by atoms with Crippen molar-refractivity contribution in [2.75, 3.05) is 0 Å². The van der Waals surface area contributed by atoms with Gasteiger partial charge in [0, 0.05) is 0 Å². The Balaban J connectivity index is 1.49. The summed E-state index contributed by atoms with van der Waals surface area (Å²) in [7, 11) is 0. The minimum Gasteiger partial charge on any atom is -0.0801 e. The fraction of sp³-hybridized carbons (Fsp3) is 0.167. The third-order valence-corrected chi connectivity index (χ3v) is 4.77. The molecule has 4 rings (SSSR count). The van der Waals surface area contributed by atoms with E-state index in [1.54, 1.807) is 0 Å². The Hall–Kier alpha value is -2.60. The Labute approximate surface area is 144 Å². The van der Waals surface area contributed by atoms with Crippen LogP contribution in [0, 0.1) is 5.92 Å². The molecule has 0 unspecified atom stereocenters. The molecule has 2 aromatic carbocycles. The molecule has 0 heteroatoms. The van der Waals surface area contributed by atoms with Crippen LogP contribution >= 0.6 is 0 Å². The van der Waals surface area contributed by atoms with Gasteiger partial charge >= 0.3 is 0 Å². The first kappa shape index (κ1) is 15.0. The first-order chi connectivity index (χ1) is 11.9. The van der Waals surface area contributed by atoms with Gasteiger partial charge in [0.25, 0.3) is 0 Å². The summed E-state index contributed by atoms with van der Waals surface area (Å²) in [6.45, 7) is 0. The summed E-state index contributed by atoms with van der Waals surface area (Å²) in [5.74, 6) is 0.561. The second-order valence-corrected chi connectivity index (χ2v) is 6.66. The number of hydrogen-bond donors (Lipinski definition) is 0. The van der Waals surface area contributed by atoms with Gasteiger partial charge in [-0.15, -0.1) is 0 Å². The number of hydrogen-bond acceptors (Lipinski definition) is 0. The molecule has 2 aromatic rings.